The van der Waals surface area contributed by atoms with Crippen molar-refractivity contribution in [1.29, 1.82) is 0 Å². The highest BCUT2D eigenvalue weighted by Gasteiger charge is 2.25. The topological polar surface area (TPSA) is 25.2 Å². The smallest absolute Gasteiger partial charge is 0.127 e. The van der Waals surface area contributed by atoms with E-state index in [1.165, 1.54) is 28.0 Å². The molecule has 0 radical (unpaired) electrons. The molecule has 0 saturated heterocycles. The average molecular weight is 421 g/mol. The summed E-state index contributed by atoms with van der Waals surface area (Å²) >= 11 is 9.69. The van der Waals surface area contributed by atoms with E-state index in [2.05, 4.69) is 24.3 Å². The number of hydrogen-bond acceptors (Lipinski definition) is 4. The lowest BCUT2D eigenvalue weighted by atomic mass is 10.1. The lowest BCUT2D eigenvalue weighted by molar-refractivity contribution is 0.915. The van der Waals surface area contributed by atoms with Crippen molar-refractivity contribution in [2.75, 3.05) is 0 Å². The SMILES string of the molecule is Clc1ccc2sc(-c3c(/N=C/C=C/c4ccccc4)sc4c3CCC4)nc2c1. The van der Waals surface area contributed by atoms with E-state index in [1.54, 1.807) is 11.3 Å². The first-order valence-corrected chi connectivity index (χ1v) is 11.3. The van der Waals surface area contributed by atoms with Crippen LogP contribution >= 0.6 is 34.3 Å². The van der Waals surface area contributed by atoms with Crippen molar-refractivity contribution >= 4 is 61.8 Å². The number of aliphatic imine (C=N–C) groups is 1. The highest BCUT2D eigenvalue weighted by molar-refractivity contribution is 7.22. The molecule has 138 valence electrons. The zero-order valence-electron chi connectivity index (χ0n) is 15.1. The molecule has 1 aliphatic carbocycles. The van der Waals surface area contributed by atoms with Gasteiger partial charge in [0.25, 0.3) is 0 Å². The van der Waals surface area contributed by atoms with Gasteiger partial charge in [-0.15, -0.1) is 22.7 Å². The molecule has 4 aromatic rings. The van der Waals surface area contributed by atoms with Crippen LogP contribution in [0.1, 0.15) is 22.4 Å². The van der Waals surface area contributed by atoms with Crippen LogP contribution in [0, 0.1) is 0 Å². The van der Waals surface area contributed by atoms with Crippen LogP contribution < -0.4 is 0 Å². The summed E-state index contributed by atoms with van der Waals surface area (Å²) in [4.78, 5) is 11.1. The van der Waals surface area contributed by atoms with Crippen molar-refractivity contribution in [3.63, 3.8) is 0 Å². The Labute approximate surface area is 176 Å². The van der Waals surface area contributed by atoms with Crippen LogP contribution in [0.15, 0.2) is 59.6 Å². The predicted molar refractivity (Wildman–Crippen MR) is 124 cm³/mol. The zero-order valence-corrected chi connectivity index (χ0v) is 17.4. The molecule has 0 atom stereocenters. The van der Waals surface area contributed by atoms with E-state index in [9.17, 15) is 0 Å². The lowest BCUT2D eigenvalue weighted by Crippen LogP contribution is -1.81. The van der Waals surface area contributed by atoms with Gasteiger partial charge in [-0.2, -0.15) is 0 Å². The normalized spacial score (nSPS) is 13.9. The van der Waals surface area contributed by atoms with E-state index in [4.69, 9.17) is 21.6 Å². The van der Waals surface area contributed by atoms with Crippen molar-refractivity contribution in [3.8, 4) is 10.6 Å². The van der Waals surface area contributed by atoms with Crippen LogP contribution in [0.5, 0.6) is 0 Å². The van der Waals surface area contributed by atoms with Crippen molar-refractivity contribution in [1.82, 2.24) is 4.98 Å². The van der Waals surface area contributed by atoms with Gasteiger partial charge in [-0.25, -0.2) is 9.98 Å². The third kappa shape index (κ3) is 3.44. The first kappa shape index (κ1) is 17.8. The Morgan fingerprint density at radius 2 is 1.93 bits per heavy atom. The maximum atomic E-state index is 6.15. The highest BCUT2D eigenvalue weighted by atomic mass is 35.5. The monoisotopic (exact) mass is 420 g/mol. The third-order valence-electron chi connectivity index (χ3n) is 4.83. The summed E-state index contributed by atoms with van der Waals surface area (Å²) in [6, 6.07) is 16.2. The Kier molecular flexibility index (Phi) is 4.85. The number of allylic oxidation sites excluding steroid dienone is 1. The van der Waals surface area contributed by atoms with Crippen LogP contribution in [-0.2, 0) is 12.8 Å². The van der Waals surface area contributed by atoms with Gasteiger partial charge in [0.05, 0.1) is 15.8 Å². The fraction of sp³-hybridized carbons (Fsp3) is 0.130. The second-order valence-electron chi connectivity index (χ2n) is 6.72. The minimum Gasteiger partial charge on any atom is -0.245 e. The molecule has 2 aromatic carbocycles. The molecule has 5 heteroatoms. The minimum absolute atomic E-state index is 0.726. The molecule has 2 heterocycles. The Morgan fingerprint density at radius 3 is 2.82 bits per heavy atom. The summed E-state index contributed by atoms with van der Waals surface area (Å²) in [5, 5.41) is 2.84. The van der Waals surface area contributed by atoms with Crippen molar-refractivity contribution in [2.24, 2.45) is 4.99 Å². The summed E-state index contributed by atoms with van der Waals surface area (Å²) in [7, 11) is 0. The first-order chi connectivity index (χ1) is 13.8. The molecule has 0 spiro atoms. The maximum Gasteiger partial charge on any atom is 0.127 e. The Balaban J connectivity index is 1.52. The minimum atomic E-state index is 0.726. The molecular weight excluding hydrogens is 404 g/mol. The molecule has 0 bridgehead atoms. The summed E-state index contributed by atoms with van der Waals surface area (Å²) in [5.41, 5.74) is 4.80. The van der Waals surface area contributed by atoms with Gasteiger partial charge in [0.2, 0.25) is 0 Å². The van der Waals surface area contributed by atoms with Gasteiger partial charge >= 0.3 is 0 Å². The molecule has 5 rings (SSSR count). The van der Waals surface area contributed by atoms with Crippen LogP contribution in [0.2, 0.25) is 5.02 Å². The fourth-order valence-electron chi connectivity index (χ4n) is 3.54. The highest BCUT2D eigenvalue weighted by Crippen LogP contribution is 2.48. The van der Waals surface area contributed by atoms with Gasteiger partial charge in [-0.05, 0) is 54.7 Å². The molecule has 0 fully saturated rings. The van der Waals surface area contributed by atoms with Gasteiger partial charge in [0, 0.05) is 16.1 Å². The van der Waals surface area contributed by atoms with Gasteiger partial charge in [-0.3, -0.25) is 0 Å². The number of aromatic nitrogens is 1. The Morgan fingerprint density at radius 1 is 1.04 bits per heavy atom. The number of fused-ring (bicyclic) bond motifs is 2. The summed E-state index contributed by atoms with van der Waals surface area (Å²) in [5.74, 6) is 0. The predicted octanol–water partition coefficient (Wildman–Crippen LogP) is 7.58. The molecule has 28 heavy (non-hydrogen) atoms. The average Bonchev–Trinajstić information content (AvgIpc) is 3.39. The number of aryl methyl sites for hydroxylation is 1. The van der Waals surface area contributed by atoms with Crippen molar-refractivity contribution < 1.29 is 0 Å². The maximum absolute atomic E-state index is 6.15. The molecule has 0 amide bonds. The Hall–Kier alpha value is -2.27. The van der Waals surface area contributed by atoms with Crippen molar-refractivity contribution in [2.45, 2.75) is 19.3 Å². The zero-order chi connectivity index (χ0) is 18.9. The molecule has 0 unspecified atom stereocenters. The van der Waals surface area contributed by atoms with E-state index >= 15 is 0 Å². The molecule has 1 aliphatic rings. The van der Waals surface area contributed by atoms with Crippen LogP contribution in [0.4, 0.5) is 5.00 Å². The second kappa shape index (κ2) is 7.63. The molecule has 0 aliphatic heterocycles. The van der Waals surface area contributed by atoms with Gasteiger partial charge in [0.1, 0.15) is 10.0 Å². The molecule has 0 N–H and O–H groups in total. The number of nitrogens with zero attached hydrogens (tertiary/aromatic N) is 2. The first-order valence-electron chi connectivity index (χ1n) is 9.25. The number of rotatable bonds is 4. The van der Waals surface area contributed by atoms with Gasteiger partial charge < -0.3 is 0 Å². The van der Waals surface area contributed by atoms with Crippen LogP contribution in [-0.4, -0.2) is 11.2 Å². The number of thiazole rings is 1. The Bertz CT molecular complexity index is 1200. The van der Waals surface area contributed by atoms with Crippen LogP contribution in [0.25, 0.3) is 26.9 Å². The fourth-order valence-corrected chi connectivity index (χ4v) is 6.03. The molecular formula is C23H17ClN2S2. The summed E-state index contributed by atoms with van der Waals surface area (Å²) in [6.45, 7) is 0. The number of hydrogen-bond donors (Lipinski definition) is 0. The lowest BCUT2D eigenvalue weighted by Gasteiger charge is -1.99. The number of halogens is 1. The van der Waals surface area contributed by atoms with Crippen molar-refractivity contribution in [3.05, 3.63) is 75.6 Å². The standard InChI is InChI=1S/C23H17ClN2S2/c24-16-11-12-20-18(14-16)26-23(28-20)21-17-9-4-10-19(17)27-22(21)25-13-5-8-15-6-2-1-3-7-15/h1-3,5-8,11-14H,4,9-10H2/b8-5+,25-13+. The van der Waals surface area contributed by atoms with E-state index in [-0.39, 0.29) is 0 Å². The summed E-state index contributed by atoms with van der Waals surface area (Å²) < 4.78 is 1.16. The largest absolute Gasteiger partial charge is 0.245 e. The second-order valence-corrected chi connectivity index (χ2v) is 9.27. The number of thiophene rings is 1. The molecule has 0 saturated carbocycles. The third-order valence-corrected chi connectivity index (χ3v) is 7.32. The van der Waals surface area contributed by atoms with E-state index in [1.807, 2.05) is 54.0 Å². The van der Waals surface area contributed by atoms with E-state index in [0.29, 0.717) is 0 Å². The quantitative estimate of drug-likeness (QED) is 0.312. The molecule has 2 aromatic heterocycles. The van der Waals surface area contributed by atoms with E-state index in [0.717, 1.165) is 38.1 Å². The van der Waals surface area contributed by atoms with Crippen LogP contribution in [0.3, 0.4) is 0 Å². The summed E-state index contributed by atoms with van der Waals surface area (Å²) in [6.07, 6.45) is 9.46. The van der Waals surface area contributed by atoms with E-state index < -0.39 is 0 Å². The van der Waals surface area contributed by atoms with Gasteiger partial charge in [-0.1, -0.05) is 48.0 Å². The van der Waals surface area contributed by atoms with Gasteiger partial charge in [0.15, 0.2) is 0 Å². The number of benzene rings is 2. The molecule has 2 nitrogen and oxygen atoms in total.